The second-order valence-corrected chi connectivity index (χ2v) is 8.70. The van der Waals surface area contributed by atoms with Gasteiger partial charge in [0.2, 0.25) is 11.8 Å². The molecular formula is C26H25N3O8. The van der Waals surface area contributed by atoms with Crippen LogP contribution < -0.4 is 10.1 Å². The lowest BCUT2D eigenvalue weighted by Crippen LogP contribution is -2.48. The molecule has 2 aromatic rings. The van der Waals surface area contributed by atoms with E-state index in [0.717, 1.165) is 4.90 Å². The minimum absolute atomic E-state index is 0.0208. The molecule has 0 bridgehead atoms. The first-order valence-corrected chi connectivity index (χ1v) is 11.6. The molecule has 3 amide bonds. The Balaban J connectivity index is 1.50. The molecule has 1 fully saturated rings. The molecule has 0 radical (unpaired) electrons. The number of likely N-dealkylation sites (tertiary alicyclic amines) is 1. The van der Waals surface area contributed by atoms with Crippen LogP contribution in [0.2, 0.25) is 0 Å². The molecule has 1 heterocycles. The van der Waals surface area contributed by atoms with Crippen LogP contribution in [0, 0.1) is 22.0 Å². The number of hydrogen-bond donors (Lipinski definition) is 1. The van der Waals surface area contributed by atoms with Crippen molar-refractivity contribution < 1.29 is 33.6 Å². The number of methoxy groups -OCH3 is 1. The minimum atomic E-state index is -1.26. The molecule has 0 aromatic heterocycles. The predicted molar refractivity (Wildman–Crippen MR) is 130 cm³/mol. The van der Waals surface area contributed by atoms with Crippen LogP contribution in [0.3, 0.4) is 0 Å². The fourth-order valence-corrected chi connectivity index (χ4v) is 4.57. The van der Waals surface area contributed by atoms with Crippen molar-refractivity contribution >= 4 is 35.1 Å². The molecule has 3 atom stereocenters. The summed E-state index contributed by atoms with van der Waals surface area (Å²) in [7, 11) is 1.37. The number of amides is 3. The van der Waals surface area contributed by atoms with Crippen molar-refractivity contribution in [2.45, 2.75) is 25.3 Å². The molecule has 0 spiro atoms. The number of nitrogens with zero attached hydrogens (tertiary/aromatic N) is 2. The van der Waals surface area contributed by atoms with E-state index >= 15 is 0 Å². The third kappa shape index (κ3) is 5.50. The van der Waals surface area contributed by atoms with Crippen molar-refractivity contribution in [2.75, 3.05) is 19.0 Å². The first-order chi connectivity index (χ1) is 17.8. The molecule has 192 valence electrons. The summed E-state index contributed by atoms with van der Waals surface area (Å²) in [5, 5.41) is 13.6. The van der Waals surface area contributed by atoms with E-state index in [4.69, 9.17) is 9.47 Å². The van der Waals surface area contributed by atoms with Crippen molar-refractivity contribution in [1.29, 1.82) is 0 Å². The average Bonchev–Trinajstić information content (AvgIpc) is 3.16. The Bertz CT molecular complexity index is 1230. The van der Waals surface area contributed by atoms with E-state index in [1.807, 2.05) is 12.2 Å². The number of nitrogens with one attached hydrogen (secondary N) is 1. The number of benzene rings is 2. The van der Waals surface area contributed by atoms with Gasteiger partial charge in [0.25, 0.3) is 11.6 Å². The maximum atomic E-state index is 13.2. The highest BCUT2D eigenvalue weighted by Gasteiger charge is 2.51. The van der Waals surface area contributed by atoms with E-state index in [1.54, 1.807) is 30.3 Å². The molecule has 4 rings (SSSR count). The number of hydrogen-bond acceptors (Lipinski definition) is 8. The van der Waals surface area contributed by atoms with Crippen molar-refractivity contribution in [1.82, 2.24) is 4.90 Å². The van der Waals surface area contributed by atoms with Crippen molar-refractivity contribution in [3.05, 3.63) is 76.4 Å². The van der Waals surface area contributed by atoms with Gasteiger partial charge in [-0.25, -0.2) is 4.79 Å². The fourth-order valence-electron chi connectivity index (χ4n) is 4.57. The number of imide groups is 1. The maximum Gasteiger partial charge on any atom is 0.330 e. The molecule has 2 aliphatic rings. The van der Waals surface area contributed by atoms with E-state index in [1.165, 1.54) is 25.3 Å². The predicted octanol–water partition coefficient (Wildman–Crippen LogP) is 2.65. The largest absolute Gasteiger partial charge is 0.497 e. The van der Waals surface area contributed by atoms with Crippen LogP contribution in [0.5, 0.6) is 5.75 Å². The zero-order chi connectivity index (χ0) is 26.5. The van der Waals surface area contributed by atoms with Crippen molar-refractivity contribution in [2.24, 2.45) is 11.8 Å². The van der Waals surface area contributed by atoms with Crippen LogP contribution in [0.1, 0.15) is 18.4 Å². The minimum Gasteiger partial charge on any atom is -0.497 e. The SMILES string of the molecule is COc1ccc([N+](=O)[O-])c(NC(=O)COC(=O)[C@H](Cc2ccccc2)N2C(=O)[C@@H]3CC=CC[C@H]3C2=O)c1. The molecule has 37 heavy (non-hydrogen) atoms. The summed E-state index contributed by atoms with van der Waals surface area (Å²) in [6, 6.07) is 11.4. The van der Waals surface area contributed by atoms with E-state index < -0.39 is 53.1 Å². The molecule has 11 nitrogen and oxygen atoms in total. The van der Waals surface area contributed by atoms with Crippen LogP contribution >= 0.6 is 0 Å². The summed E-state index contributed by atoms with van der Waals surface area (Å²) < 4.78 is 10.3. The van der Waals surface area contributed by atoms with Gasteiger partial charge in [0.1, 0.15) is 17.5 Å². The Morgan fingerprint density at radius 2 is 1.73 bits per heavy atom. The highest BCUT2D eigenvalue weighted by Crippen LogP contribution is 2.37. The van der Waals surface area contributed by atoms with Gasteiger partial charge in [0, 0.05) is 18.6 Å². The second kappa shape index (κ2) is 11.0. The van der Waals surface area contributed by atoms with E-state index in [9.17, 15) is 29.3 Å². The van der Waals surface area contributed by atoms with Crippen LogP contribution in [0.25, 0.3) is 0 Å². The summed E-state index contributed by atoms with van der Waals surface area (Å²) in [6.45, 7) is -0.775. The van der Waals surface area contributed by atoms with Crippen molar-refractivity contribution in [3.63, 3.8) is 0 Å². The van der Waals surface area contributed by atoms with Crippen LogP contribution in [0.15, 0.2) is 60.7 Å². The van der Waals surface area contributed by atoms with Crippen LogP contribution in [0.4, 0.5) is 11.4 Å². The Morgan fingerprint density at radius 1 is 1.08 bits per heavy atom. The van der Waals surface area contributed by atoms with Gasteiger partial charge in [-0.1, -0.05) is 42.5 Å². The van der Waals surface area contributed by atoms with E-state index in [2.05, 4.69) is 5.32 Å². The smallest absolute Gasteiger partial charge is 0.330 e. The summed E-state index contributed by atoms with van der Waals surface area (Å²) in [5.74, 6) is -3.40. The number of rotatable bonds is 9. The molecule has 1 aliphatic heterocycles. The maximum absolute atomic E-state index is 13.2. The fraction of sp³-hybridized carbons (Fsp3) is 0.308. The molecule has 0 unspecified atom stereocenters. The lowest BCUT2D eigenvalue weighted by atomic mass is 9.85. The monoisotopic (exact) mass is 507 g/mol. The van der Waals surface area contributed by atoms with Gasteiger partial charge in [0.05, 0.1) is 23.9 Å². The molecule has 1 N–H and O–H groups in total. The Morgan fingerprint density at radius 3 is 2.32 bits per heavy atom. The topological polar surface area (TPSA) is 145 Å². The molecule has 11 heteroatoms. The zero-order valence-corrected chi connectivity index (χ0v) is 20.0. The zero-order valence-electron chi connectivity index (χ0n) is 20.0. The van der Waals surface area contributed by atoms with Crippen molar-refractivity contribution in [3.8, 4) is 5.75 Å². The number of nitro benzene ring substituents is 1. The van der Waals surface area contributed by atoms with Gasteiger partial charge in [-0.15, -0.1) is 0 Å². The number of esters is 1. The van der Waals surface area contributed by atoms with Gasteiger partial charge < -0.3 is 14.8 Å². The number of carbonyl (C=O) groups excluding carboxylic acids is 4. The molecule has 1 aliphatic carbocycles. The highest BCUT2D eigenvalue weighted by molar-refractivity contribution is 6.08. The number of ether oxygens (including phenoxy) is 2. The summed E-state index contributed by atoms with van der Waals surface area (Å²) in [4.78, 5) is 63.6. The molecular weight excluding hydrogens is 482 g/mol. The first-order valence-electron chi connectivity index (χ1n) is 11.6. The third-order valence-corrected chi connectivity index (χ3v) is 6.42. The summed E-state index contributed by atoms with van der Waals surface area (Å²) >= 11 is 0. The molecule has 2 aromatic carbocycles. The van der Waals surface area contributed by atoms with E-state index in [0.29, 0.717) is 18.4 Å². The number of anilines is 1. The first kappa shape index (κ1) is 25.5. The highest BCUT2D eigenvalue weighted by atomic mass is 16.6. The quantitative estimate of drug-likeness (QED) is 0.179. The normalized spacial score (nSPS) is 19.2. The van der Waals surface area contributed by atoms with Crippen LogP contribution in [-0.4, -0.2) is 53.3 Å². The third-order valence-electron chi connectivity index (χ3n) is 6.42. The number of nitro groups is 1. The standard InChI is InChI=1S/C26H25N3O8/c1-36-17-11-12-21(29(34)35)20(14-17)27-23(30)15-37-26(33)22(13-16-7-3-2-4-8-16)28-24(31)18-9-5-6-10-19(18)25(28)32/h2-8,11-12,14,18-19,22H,9-10,13,15H2,1H3,(H,27,30)/t18-,19-,22+/m1/s1. The Labute approximate surface area is 212 Å². The number of allylic oxidation sites excluding steroid dienone is 2. The lowest BCUT2D eigenvalue weighted by Gasteiger charge is -2.25. The average molecular weight is 507 g/mol. The lowest BCUT2D eigenvalue weighted by molar-refractivity contribution is -0.383. The van der Waals surface area contributed by atoms with Gasteiger partial charge in [-0.2, -0.15) is 0 Å². The van der Waals surface area contributed by atoms with Crippen LogP contribution in [-0.2, 0) is 30.3 Å². The molecule has 1 saturated heterocycles. The number of carbonyl (C=O) groups is 4. The Kier molecular flexibility index (Phi) is 7.61. The van der Waals surface area contributed by atoms with Gasteiger partial charge in [-0.3, -0.25) is 29.4 Å². The van der Waals surface area contributed by atoms with Gasteiger partial charge in [0.15, 0.2) is 6.61 Å². The Hall–Kier alpha value is -4.54. The second-order valence-electron chi connectivity index (χ2n) is 8.70. The van der Waals surface area contributed by atoms with Gasteiger partial charge >= 0.3 is 5.97 Å². The molecule has 0 saturated carbocycles. The summed E-state index contributed by atoms with van der Waals surface area (Å²) in [6.07, 6.45) is 4.55. The van der Waals surface area contributed by atoms with Gasteiger partial charge in [-0.05, 0) is 24.5 Å². The summed E-state index contributed by atoms with van der Waals surface area (Å²) in [5.41, 5.74) is 0.203. The number of fused-ring (bicyclic) bond motifs is 1. The van der Waals surface area contributed by atoms with E-state index in [-0.39, 0.29) is 23.5 Å².